The molecule has 0 bridgehead atoms. The molecular weight excluding hydrogens is 267 g/mol. The molecule has 0 saturated carbocycles. The summed E-state index contributed by atoms with van der Waals surface area (Å²) < 4.78 is 38.0. The summed E-state index contributed by atoms with van der Waals surface area (Å²) in [5.41, 5.74) is -0.792. The van der Waals surface area contributed by atoms with E-state index >= 15 is 0 Å². The summed E-state index contributed by atoms with van der Waals surface area (Å²) in [4.78, 5) is 11.6. The number of hydrogen-bond donors (Lipinski definition) is 3. The highest BCUT2D eigenvalue weighted by atomic mass is 19.4. The number of alkyl halides is 3. The first kappa shape index (κ1) is 15.7. The SMILES string of the molecule is Cn1c(CC(O)C(F)(F)F)cc(=O)c(CO)c1CO. The van der Waals surface area contributed by atoms with Crippen LogP contribution in [0.15, 0.2) is 10.9 Å². The molecule has 1 aromatic heterocycles. The molecule has 0 radical (unpaired) electrons. The van der Waals surface area contributed by atoms with Crippen LogP contribution in [-0.4, -0.2) is 32.2 Å². The molecule has 1 atom stereocenters. The van der Waals surface area contributed by atoms with E-state index in [1.807, 2.05) is 0 Å². The van der Waals surface area contributed by atoms with Gasteiger partial charge in [-0.15, -0.1) is 0 Å². The molecule has 1 unspecified atom stereocenters. The van der Waals surface area contributed by atoms with Gasteiger partial charge in [-0.1, -0.05) is 0 Å². The molecule has 0 aliphatic carbocycles. The molecule has 3 N–H and O–H groups in total. The molecule has 1 rings (SSSR count). The van der Waals surface area contributed by atoms with Crippen LogP contribution in [-0.2, 0) is 26.7 Å². The fourth-order valence-electron chi connectivity index (χ4n) is 1.73. The maximum atomic E-state index is 12.3. The fraction of sp³-hybridized carbons (Fsp3) is 0.545. The van der Waals surface area contributed by atoms with E-state index in [1.165, 1.54) is 11.6 Å². The lowest BCUT2D eigenvalue weighted by atomic mass is 10.1. The predicted molar refractivity (Wildman–Crippen MR) is 59.3 cm³/mol. The van der Waals surface area contributed by atoms with Crippen molar-refractivity contribution in [3.05, 3.63) is 33.2 Å². The van der Waals surface area contributed by atoms with Crippen LogP contribution in [0.2, 0.25) is 0 Å². The summed E-state index contributed by atoms with van der Waals surface area (Å²) in [6.07, 6.45) is -8.18. The van der Waals surface area contributed by atoms with E-state index in [1.54, 1.807) is 0 Å². The minimum Gasteiger partial charge on any atom is -0.391 e. The Labute approximate surface area is 106 Å². The van der Waals surface area contributed by atoms with E-state index < -0.39 is 37.3 Å². The zero-order valence-electron chi connectivity index (χ0n) is 10.1. The molecule has 0 spiro atoms. The lowest BCUT2D eigenvalue weighted by Gasteiger charge is -2.19. The van der Waals surface area contributed by atoms with Gasteiger partial charge in [-0.05, 0) is 0 Å². The van der Waals surface area contributed by atoms with Crippen molar-refractivity contribution in [1.29, 1.82) is 0 Å². The summed E-state index contributed by atoms with van der Waals surface area (Å²) in [6, 6.07) is 0.916. The third-order valence-corrected chi connectivity index (χ3v) is 2.87. The normalized spacial score (nSPS) is 13.6. The highest BCUT2D eigenvalue weighted by molar-refractivity contribution is 5.24. The Morgan fingerprint density at radius 1 is 1.32 bits per heavy atom. The maximum absolute atomic E-state index is 12.3. The van der Waals surface area contributed by atoms with Crippen molar-refractivity contribution in [1.82, 2.24) is 4.57 Å². The van der Waals surface area contributed by atoms with E-state index in [2.05, 4.69) is 0 Å². The largest absolute Gasteiger partial charge is 0.414 e. The summed E-state index contributed by atoms with van der Waals surface area (Å²) in [5, 5.41) is 27.1. The minimum atomic E-state index is -4.79. The summed E-state index contributed by atoms with van der Waals surface area (Å²) in [6.45, 7) is -1.22. The Balaban J connectivity index is 3.24. The van der Waals surface area contributed by atoms with Gasteiger partial charge in [0.15, 0.2) is 11.5 Å². The predicted octanol–water partition coefficient (Wildman–Crippen LogP) is -0.164. The van der Waals surface area contributed by atoms with E-state index in [4.69, 9.17) is 15.3 Å². The first-order valence-electron chi connectivity index (χ1n) is 5.39. The molecule has 0 aliphatic rings. The van der Waals surface area contributed by atoms with Gasteiger partial charge >= 0.3 is 6.18 Å². The Morgan fingerprint density at radius 2 is 1.89 bits per heavy atom. The van der Waals surface area contributed by atoms with Crippen molar-refractivity contribution in [3.63, 3.8) is 0 Å². The standard InChI is InChI=1S/C11H14F3NO4/c1-15-6(3-10(19)11(12,13)14)2-9(18)7(4-16)8(15)5-17/h2,10,16-17,19H,3-5H2,1H3. The Bertz CT molecular complexity index is 510. The molecule has 0 aromatic carbocycles. The second kappa shape index (κ2) is 5.72. The van der Waals surface area contributed by atoms with Crippen LogP contribution in [0.1, 0.15) is 17.0 Å². The lowest BCUT2D eigenvalue weighted by Crippen LogP contribution is -2.33. The highest BCUT2D eigenvalue weighted by Gasteiger charge is 2.38. The number of hydrogen-bond acceptors (Lipinski definition) is 4. The van der Waals surface area contributed by atoms with Crippen molar-refractivity contribution in [2.24, 2.45) is 7.05 Å². The van der Waals surface area contributed by atoms with Crippen LogP contribution in [0.4, 0.5) is 13.2 Å². The van der Waals surface area contributed by atoms with Gasteiger partial charge in [0.2, 0.25) is 0 Å². The van der Waals surface area contributed by atoms with Crippen LogP contribution >= 0.6 is 0 Å². The molecule has 5 nitrogen and oxygen atoms in total. The van der Waals surface area contributed by atoms with Gasteiger partial charge in [-0.25, -0.2) is 0 Å². The molecular formula is C11H14F3NO4. The van der Waals surface area contributed by atoms with Crippen molar-refractivity contribution in [2.45, 2.75) is 31.9 Å². The first-order chi connectivity index (χ1) is 8.72. The minimum absolute atomic E-state index is 0.0272. The number of nitrogens with zero attached hydrogens (tertiary/aromatic N) is 1. The third-order valence-electron chi connectivity index (χ3n) is 2.87. The van der Waals surface area contributed by atoms with Crippen LogP contribution in [0.3, 0.4) is 0 Å². The molecule has 0 amide bonds. The second-order valence-corrected chi connectivity index (χ2v) is 4.06. The van der Waals surface area contributed by atoms with Crippen molar-refractivity contribution in [3.8, 4) is 0 Å². The quantitative estimate of drug-likeness (QED) is 0.716. The van der Waals surface area contributed by atoms with Crippen molar-refractivity contribution in [2.75, 3.05) is 0 Å². The van der Waals surface area contributed by atoms with E-state index in [9.17, 15) is 18.0 Å². The van der Waals surface area contributed by atoms with Crippen LogP contribution in [0, 0.1) is 0 Å². The number of pyridine rings is 1. The number of aliphatic hydroxyl groups is 3. The van der Waals surface area contributed by atoms with Crippen molar-refractivity contribution < 1.29 is 28.5 Å². The number of rotatable bonds is 4. The van der Waals surface area contributed by atoms with Gasteiger partial charge in [0.25, 0.3) is 0 Å². The van der Waals surface area contributed by atoms with Crippen LogP contribution < -0.4 is 5.43 Å². The van der Waals surface area contributed by atoms with E-state index in [0.717, 1.165) is 6.07 Å². The third kappa shape index (κ3) is 3.34. The van der Waals surface area contributed by atoms with E-state index in [-0.39, 0.29) is 17.0 Å². The number of aliphatic hydroxyl groups excluding tert-OH is 3. The Kier molecular flexibility index (Phi) is 4.72. The average molecular weight is 281 g/mol. The lowest BCUT2D eigenvalue weighted by molar-refractivity contribution is -0.203. The number of aromatic nitrogens is 1. The number of halogens is 3. The molecule has 0 fully saturated rings. The maximum Gasteiger partial charge on any atom is 0.414 e. The second-order valence-electron chi connectivity index (χ2n) is 4.06. The van der Waals surface area contributed by atoms with Gasteiger partial charge in [-0.2, -0.15) is 13.2 Å². The summed E-state index contributed by atoms with van der Waals surface area (Å²) in [5.74, 6) is 0. The Hall–Kier alpha value is -1.38. The molecule has 1 heterocycles. The fourth-order valence-corrected chi connectivity index (χ4v) is 1.73. The first-order valence-corrected chi connectivity index (χ1v) is 5.39. The van der Waals surface area contributed by atoms with Crippen LogP contribution in [0.5, 0.6) is 0 Å². The highest BCUT2D eigenvalue weighted by Crippen LogP contribution is 2.23. The zero-order valence-corrected chi connectivity index (χ0v) is 10.1. The molecule has 0 aliphatic heterocycles. The Morgan fingerprint density at radius 3 is 2.32 bits per heavy atom. The van der Waals surface area contributed by atoms with E-state index in [0.29, 0.717) is 0 Å². The average Bonchev–Trinajstić information content (AvgIpc) is 2.31. The molecule has 8 heteroatoms. The van der Waals surface area contributed by atoms with Gasteiger partial charge in [0.05, 0.1) is 18.9 Å². The van der Waals surface area contributed by atoms with Gasteiger partial charge in [0, 0.05) is 30.8 Å². The van der Waals surface area contributed by atoms with Gasteiger partial charge in [0.1, 0.15) is 0 Å². The van der Waals surface area contributed by atoms with Crippen LogP contribution in [0.25, 0.3) is 0 Å². The van der Waals surface area contributed by atoms with Gasteiger partial charge in [-0.3, -0.25) is 4.79 Å². The molecule has 1 aromatic rings. The van der Waals surface area contributed by atoms with Crippen molar-refractivity contribution >= 4 is 0 Å². The topological polar surface area (TPSA) is 82.7 Å². The zero-order chi connectivity index (χ0) is 14.8. The summed E-state index contributed by atoms with van der Waals surface area (Å²) in [7, 11) is 1.35. The smallest absolute Gasteiger partial charge is 0.391 e. The molecule has 108 valence electrons. The molecule has 19 heavy (non-hydrogen) atoms. The monoisotopic (exact) mass is 281 g/mol. The summed E-state index contributed by atoms with van der Waals surface area (Å²) >= 11 is 0. The molecule has 0 saturated heterocycles. The van der Waals surface area contributed by atoms with Gasteiger partial charge < -0.3 is 19.9 Å².